The summed E-state index contributed by atoms with van der Waals surface area (Å²) in [4.78, 5) is 0. The molecule has 3 rings (SSSR count). The van der Waals surface area contributed by atoms with Crippen LogP contribution in [-0.2, 0) is 5.41 Å². The van der Waals surface area contributed by atoms with Crippen LogP contribution in [0.1, 0.15) is 44.4 Å². The van der Waals surface area contributed by atoms with Gasteiger partial charge in [0.1, 0.15) is 0 Å². The van der Waals surface area contributed by atoms with Crippen molar-refractivity contribution < 1.29 is 0 Å². The zero-order valence-corrected chi connectivity index (χ0v) is 12.1. The SMILES string of the molecule is C/C=C(\C)c1ccc2c(c1)C(C)(C)c1ccccc1-2. The second kappa shape index (κ2) is 4.09. The largest absolute Gasteiger partial charge is 0.0841 e. The first kappa shape index (κ1) is 12.2. The van der Waals surface area contributed by atoms with Crippen LogP contribution in [0.3, 0.4) is 0 Å². The van der Waals surface area contributed by atoms with E-state index in [-0.39, 0.29) is 5.41 Å². The molecule has 96 valence electrons. The van der Waals surface area contributed by atoms with Gasteiger partial charge in [0.15, 0.2) is 0 Å². The predicted octanol–water partition coefficient (Wildman–Crippen LogP) is 5.42. The minimum absolute atomic E-state index is 0.107. The third kappa shape index (κ3) is 1.67. The average Bonchev–Trinajstić information content (AvgIpc) is 2.67. The molecule has 0 radical (unpaired) electrons. The Balaban J connectivity index is 2.27. The van der Waals surface area contributed by atoms with E-state index < -0.39 is 0 Å². The Morgan fingerprint density at radius 3 is 2.37 bits per heavy atom. The average molecular weight is 248 g/mol. The maximum Gasteiger partial charge on any atom is 0.0159 e. The Morgan fingerprint density at radius 1 is 0.947 bits per heavy atom. The minimum Gasteiger partial charge on any atom is -0.0841 e. The van der Waals surface area contributed by atoms with E-state index in [0.29, 0.717) is 0 Å². The first-order valence-corrected chi connectivity index (χ1v) is 6.93. The van der Waals surface area contributed by atoms with Gasteiger partial charge in [-0.15, -0.1) is 0 Å². The van der Waals surface area contributed by atoms with Crippen LogP contribution in [-0.4, -0.2) is 0 Å². The fourth-order valence-corrected chi connectivity index (χ4v) is 3.12. The van der Waals surface area contributed by atoms with Gasteiger partial charge in [-0.05, 0) is 47.2 Å². The highest BCUT2D eigenvalue weighted by atomic mass is 14.4. The summed E-state index contributed by atoms with van der Waals surface area (Å²) in [6.45, 7) is 8.93. The Bertz CT molecular complexity index is 672. The lowest BCUT2D eigenvalue weighted by molar-refractivity contribution is 0.660. The lowest BCUT2D eigenvalue weighted by Gasteiger charge is -2.22. The van der Waals surface area contributed by atoms with Gasteiger partial charge in [-0.2, -0.15) is 0 Å². The van der Waals surface area contributed by atoms with E-state index in [9.17, 15) is 0 Å². The summed E-state index contributed by atoms with van der Waals surface area (Å²) in [7, 11) is 0. The first-order valence-electron chi connectivity index (χ1n) is 6.93. The van der Waals surface area contributed by atoms with Crippen molar-refractivity contribution >= 4 is 5.57 Å². The van der Waals surface area contributed by atoms with Gasteiger partial charge in [0.05, 0.1) is 0 Å². The molecule has 0 fully saturated rings. The van der Waals surface area contributed by atoms with Crippen molar-refractivity contribution in [3.8, 4) is 11.1 Å². The van der Waals surface area contributed by atoms with Gasteiger partial charge in [0.25, 0.3) is 0 Å². The molecule has 0 heterocycles. The molecule has 0 aromatic heterocycles. The maximum atomic E-state index is 2.37. The minimum atomic E-state index is 0.107. The van der Waals surface area contributed by atoms with Crippen LogP contribution in [0.4, 0.5) is 0 Å². The van der Waals surface area contributed by atoms with Crippen molar-refractivity contribution in [2.24, 2.45) is 0 Å². The monoisotopic (exact) mass is 248 g/mol. The second-order valence-corrected chi connectivity index (χ2v) is 5.90. The smallest absolute Gasteiger partial charge is 0.0159 e. The molecule has 0 amide bonds. The molecule has 2 aromatic carbocycles. The zero-order chi connectivity index (χ0) is 13.6. The highest BCUT2D eigenvalue weighted by Gasteiger charge is 2.34. The normalized spacial score (nSPS) is 16.1. The fraction of sp³-hybridized carbons (Fsp3) is 0.263. The first-order chi connectivity index (χ1) is 9.05. The van der Waals surface area contributed by atoms with E-state index in [0.717, 1.165) is 0 Å². The summed E-state index contributed by atoms with van der Waals surface area (Å²) in [5.74, 6) is 0. The number of fused-ring (bicyclic) bond motifs is 3. The molecule has 19 heavy (non-hydrogen) atoms. The quantitative estimate of drug-likeness (QED) is 0.632. The molecular weight excluding hydrogens is 228 g/mol. The molecule has 0 heteroatoms. The molecule has 1 aliphatic carbocycles. The van der Waals surface area contributed by atoms with E-state index in [1.807, 2.05) is 0 Å². The fourth-order valence-electron chi connectivity index (χ4n) is 3.12. The van der Waals surface area contributed by atoms with Gasteiger partial charge in [-0.3, -0.25) is 0 Å². The zero-order valence-electron chi connectivity index (χ0n) is 12.1. The van der Waals surface area contributed by atoms with Gasteiger partial charge in [0, 0.05) is 5.41 Å². The van der Waals surface area contributed by atoms with Crippen LogP contribution < -0.4 is 0 Å². The molecule has 0 nitrogen and oxygen atoms in total. The van der Waals surface area contributed by atoms with Crippen LogP contribution >= 0.6 is 0 Å². The molecule has 2 aromatic rings. The van der Waals surface area contributed by atoms with Crippen molar-refractivity contribution in [1.29, 1.82) is 0 Å². The van der Waals surface area contributed by atoms with Crippen LogP contribution in [0.15, 0.2) is 48.5 Å². The van der Waals surface area contributed by atoms with Gasteiger partial charge in [0.2, 0.25) is 0 Å². The highest BCUT2D eigenvalue weighted by Crippen LogP contribution is 2.48. The van der Waals surface area contributed by atoms with E-state index in [4.69, 9.17) is 0 Å². The van der Waals surface area contributed by atoms with Crippen LogP contribution in [0.25, 0.3) is 16.7 Å². The van der Waals surface area contributed by atoms with Crippen LogP contribution in [0.5, 0.6) is 0 Å². The summed E-state index contributed by atoms with van der Waals surface area (Å²) in [5.41, 5.74) is 8.47. The van der Waals surface area contributed by atoms with Crippen molar-refractivity contribution in [3.63, 3.8) is 0 Å². The van der Waals surface area contributed by atoms with E-state index in [2.05, 4.69) is 76.2 Å². The molecule has 0 atom stereocenters. The van der Waals surface area contributed by atoms with Gasteiger partial charge in [-0.1, -0.05) is 62.4 Å². The Morgan fingerprint density at radius 2 is 1.63 bits per heavy atom. The Kier molecular flexibility index (Phi) is 2.63. The summed E-state index contributed by atoms with van der Waals surface area (Å²) < 4.78 is 0. The molecule has 0 N–H and O–H groups in total. The molecule has 1 aliphatic rings. The molecule has 0 unspecified atom stereocenters. The number of hydrogen-bond donors (Lipinski definition) is 0. The topological polar surface area (TPSA) is 0 Å². The lowest BCUT2D eigenvalue weighted by Crippen LogP contribution is -2.15. The third-order valence-electron chi connectivity index (χ3n) is 4.47. The maximum absolute atomic E-state index is 2.37. The van der Waals surface area contributed by atoms with Crippen molar-refractivity contribution in [1.82, 2.24) is 0 Å². The van der Waals surface area contributed by atoms with Crippen LogP contribution in [0, 0.1) is 0 Å². The van der Waals surface area contributed by atoms with Gasteiger partial charge < -0.3 is 0 Å². The molecule has 0 saturated heterocycles. The molecule has 0 bridgehead atoms. The summed E-state index contributed by atoms with van der Waals surface area (Å²) in [5, 5.41) is 0. The number of hydrogen-bond acceptors (Lipinski definition) is 0. The van der Waals surface area contributed by atoms with E-state index >= 15 is 0 Å². The predicted molar refractivity (Wildman–Crippen MR) is 83.3 cm³/mol. The van der Waals surface area contributed by atoms with E-state index in [1.54, 1.807) is 0 Å². The molecule has 0 spiro atoms. The third-order valence-corrected chi connectivity index (χ3v) is 4.47. The standard InChI is InChI=1S/C19H20/c1-5-13(2)14-10-11-16-15-8-6-7-9-17(15)19(3,4)18(16)12-14/h5-12H,1-4H3/b13-5+. The number of rotatable bonds is 1. The number of allylic oxidation sites excluding steroid dienone is 2. The Hall–Kier alpha value is -1.82. The summed E-state index contributed by atoms with van der Waals surface area (Å²) in [6, 6.07) is 15.7. The van der Waals surface area contributed by atoms with Crippen molar-refractivity contribution in [2.45, 2.75) is 33.1 Å². The molecular formula is C19H20. The van der Waals surface area contributed by atoms with Gasteiger partial charge in [-0.25, -0.2) is 0 Å². The summed E-state index contributed by atoms with van der Waals surface area (Å²) in [6.07, 6.45) is 2.18. The summed E-state index contributed by atoms with van der Waals surface area (Å²) >= 11 is 0. The molecule has 0 aliphatic heterocycles. The van der Waals surface area contributed by atoms with Crippen molar-refractivity contribution in [2.75, 3.05) is 0 Å². The number of benzene rings is 2. The lowest BCUT2D eigenvalue weighted by atomic mass is 9.81. The van der Waals surface area contributed by atoms with Gasteiger partial charge >= 0.3 is 0 Å². The van der Waals surface area contributed by atoms with Crippen molar-refractivity contribution in [3.05, 3.63) is 65.2 Å². The highest BCUT2D eigenvalue weighted by molar-refractivity contribution is 5.82. The Labute approximate surface area is 115 Å². The van der Waals surface area contributed by atoms with E-state index in [1.165, 1.54) is 33.4 Å². The van der Waals surface area contributed by atoms with Crippen LogP contribution in [0.2, 0.25) is 0 Å². The molecule has 0 saturated carbocycles. The second-order valence-electron chi connectivity index (χ2n) is 5.90.